The zero-order chi connectivity index (χ0) is 23.8. The standard InChI is InChI=1S/C25H35N5O3/c1-16-11-18(28-21(31)12-25(8-9-25)29-23(32)33-24(3,4)5)15-30(14-16)20-13-27-17(2)22-19(20)7-6-10-26-22/h6-7,10,13,16,18H,8-9,11-12,14-15H2,1-5H3,(H,28,31)(H,29,32)/t16-,18+/m0/s1. The van der Waals surface area contributed by atoms with Crippen molar-refractivity contribution in [3.8, 4) is 0 Å². The highest BCUT2D eigenvalue weighted by Gasteiger charge is 2.47. The number of piperidine rings is 1. The molecule has 2 aliphatic rings. The average molecular weight is 454 g/mol. The minimum atomic E-state index is -0.561. The molecule has 0 bridgehead atoms. The molecule has 8 nitrogen and oxygen atoms in total. The Bertz CT molecular complexity index is 1040. The van der Waals surface area contributed by atoms with Crippen LogP contribution in [0.25, 0.3) is 10.9 Å². The second-order valence-electron chi connectivity index (χ2n) is 10.7. The number of nitrogens with zero attached hydrogens (tertiary/aromatic N) is 3. The number of carbonyl (C=O) groups excluding carboxylic acids is 2. The summed E-state index contributed by atoms with van der Waals surface area (Å²) in [6.07, 6.45) is 6.03. The quantitative estimate of drug-likeness (QED) is 0.716. The maximum absolute atomic E-state index is 12.9. The largest absolute Gasteiger partial charge is 0.444 e. The average Bonchev–Trinajstić information content (AvgIpc) is 3.44. The van der Waals surface area contributed by atoms with Crippen LogP contribution in [0.4, 0.5) is 10.5 Å². The van der Waals surface area contributed by atoms with Crippen LogP contribution in [0.5, 0.6) is 0 Å². The van der Waals surface area contributed by atoms with Gasteiger partial charge in [-0.2, -0.15) is 0 Å². The van der Waals surface area contributed by atoms with E-state index in [1.807, 2.05) is 40.0 Å². The molecule has 2 amide bonds. The summed E-state index contributed by atoms with van der Waals surface area (Å²) < 4.78 is 5.37. The molecular formula is C25H35N5O3. The van der Waals surface area contributed by atoms with Crippen LogP contribution < -0.4 is 15.5 Å². The molecule has 2 N–H and O–H groups in total. The number of aromatic nitrogens is 2. The van der Waals surface area contributed by atoms with E-state index in [0.29, 0.717) is 5.92 Å². The Labute approximate surface area is 195 Å². The predicted molar refractivity (Wildman–Crippen MR) is 128 cm³/mol. The molecule has 1 saturated carbocycles. The number of aryl methyl sites for hydroxylation is 1. The van der Waals surface area contributed by atoms with E-state index >= 15 is 0 Å². The second kappa shape index (κ2) is 8.80. The summed E-state index contributed by atoms with van der Waals surface area (Å²) in [5.74, 6) is 0.392. The third kappa shape index (κ3) is 5.72. The number of carbonyl (C=O) groups is 2. The molecule has 4 rings (SSSR count). The van der Waals surface area contributed by atoms with Gasteiger partial charge in [-0.15, -0.1) is 0 Å². The van der Waals surface area contributed by atoms with Gasteiger partial charge in [-0.3, -0.25) is 14.8 Å². The number of ether oxygens (including phenoxy) is 1. The summed E-state index contributed by atoms with van der Waals surface area (Å²) in [6, 6.07) is 4.06. The first-order chi connectivity index (χ1) is 15.5. The van der Waals surface area contributed by atoms with Crippen molar-refractivity contribution in [2.75, 3.05) is 18.0 Å². The molecule has 0 spiro atoms. The van der Waals surface area contributed by atoms with E-state index in [1.54, 1.807) is 6.20 Å². The molecule has 0 radical (unpaired) electrons. The molecular weight excluding hydrogens is 418 g/mol. The van der Waals surface area contributed by atoms with Crippen molar-refractivity contribution in [2.45, 2.75) is 77.5 Å². The van der Waals surface area contributed by atoms with Gasteiger partial charge in [0.2, 0.25) is 5.91 Å². The fourth-order valence-electron chi connectivity index (χ4n) is 4.70. The molecule has 0 aromatic carbocycles. The smallest absolute Gasteiger partial charge is 0.408 e. The number of rotatable bonds is 5. The maximum Gasteiger partial charge on any atom is 0.408 e. The van der Waals surface area contributed by atoms with E-state index in [-0.39, 0.29) is 18.4 Å². The number of hydrogen-bond donors (Lipinski definition) is 2. The number of nitrogens with one attached hydrogen (secondary N) is 2. The molecule has 2 aromatic heterocycles. The number of amides is 2. The molecule has 1 aliphatic heterocycles. The highest BCUT2D eigenvalue weighted by molar-refractivity contribution is 5.92. The minimum Gasteiger partial charge on any atom is -0.444 e. The van der Waals surface area contributed by atoms with Crippen molar-refractivity contribution >= 4 is 28.6 Å². The van der Waals surface area contributed by atoms with Gasteiger partial charge in [-0.1, -0.05) is 6.92 Å². The number of hydrogen-bond acceptors (Lipinski definition) is 6. The van der Waals surface area contributed by atoms with Crippen molar-refractivity contribution in [3.05, 3.63) is 30.2 Å². The van der Waals surface area contributed by atoms with Crippen LogP contribution in [0.15, 0.2) is 24.5 Å². The monoisotopic (exact) mass is 453 g/mol. The minimum absolute atomic E-state index is 0.0313. The first-order valence-electron chi connectivity index (χ1n) is 11.8. The fourth-order valence-corrected chi connectivity index (χ4v) is 4.70. The van der Waals surface area contributed by atoms with Crippen molar-refractivity contribution in [3.63, 3.8) is 0 Å². The van der Waals surface area contributed by atoms with Crippen LogP contribution >= 0.6 is 0 Å². The predicted octanol–water partition coefficient (Wildman–Crippen LogP) is 3.72. The molecule has 178 valence electrons. The van der Waals surface area contributed by atoms with Gasteiger partial charge >= 0.3 is 6.09 Å². The van der Waals surface area contributed by atoms with Gasteiger partial charge in [0.15, 0.2) is 0 Å². The molecule has 3 heterocycles. The third-order valence-electron chi connectivity index (χ3n) is 6.29. The van der Waals surface area contributed by atoms with Crippen LogP contribution in [0.1, 0.15) is 59.1 Å². The van der Waals surface area contributed by atoms with Crippen LogP contribution in [-0.2, 0) is 9.53 Å². The molecule has 2 atom stereocenters. The molecule has 2 fully saturated rings. The maximum atomic E-state index is 12.9. The summed E-state index contributed by atoms with van der Waals surface area (Å²) in [6.45, 7) is 11.3. The van der Waals surface area contributed by atoms with Gasteiger partial charge in [0.05, 0.1) is 28.6 Å². The highest BCUT2D eigenvalue weighted by atomic mass is 16.6. The Kier molecular flexibility index (Phi) is 6.20. The van der Waals surface area contributed by atoms with E-state index < -0.39 is 17.2 Å². The van der Waals surface area contributed by atoms with E-state index in [9.17, 15) is 9.59 Å². The van der Waals surface area contributed by atoms with Gasteiger partial charge in [-0.25, -0.2) is 4.79 Å². The van der Waals surface area contributed by atoms with Gasteiger partial charge in [0, 0.05) is 37.1 Å². The number of fused-ring (bicyclic) bond motifs is 1. The normalized spacial score (nSPS) is 22.0. The van der Waals surface area contributed by atoms with Crippen LogP contribution in [-0.4, -0.2) is 52.2 Å². The molecule has 8 heteroatoms. The first kappa shape index (κ1) is 23.3. The summed E-state index contributed by atoms with van der Waals surface area (Å²) in [7, 11) is 0. The zero-order valence-corrected chi connectivity index (χ0v) is 20.3. The Morgan fingerprint density at radius 2 is 2.00 bits per heavy atom. The van der Waals surface area contributed by atoms with Crippen molar-refractivity contribution in [2.24, 2.45) is 5.92 Å². The highest BCUT2D eigenvalue weighted by Crippen LogP contribution is 2.39. The topological polar surface area (TPSA) is 96.5 Å². The van der Waals surface area contributed by atoms with Crippen LogP contribution in [0, 0.1) is 12.8 Å². The van der Waals surface area contributed by atoms with Gasteiger partial charge in [0.1, 0.15) is 5.60 Å². The van der Waals surface area contributed by atoms with Gasteiger partial charge < -0.3 is 20.3 Å². The number of alkyl carbamates (subject to hydrolysis) is 1. The molecule has 33 heavy (non-hydrogen) atoms. The van der Waals surface area contributed by atoms with E-state index in [4.69, 9.17) is 4.74 Å². The summed E-state index contributed by atoms with van der Waals surface area (Å²) in [5, 5.41) is 7.22. The van der Waals surface area contributed by atoms with E-state index in [1.165, 1.54) is 0 Å². The Hall–Kier alpha value is -2.90. The lowest BCUT2D eigenvalue weighted by atomic mass is 9.94. The SMILES string of the molecule is Cc1ncc(N2C[C@@H](C)C[C@@H](NC(=O)CC3(NC(=O)OC(C)(C)C)CC3)C2)c2cccnc12. The van der Waals surface area contributed by atoms with Crippen molar-refractivity contribution in [1.82, 2.24) is 20.6 Å². The van der Waals surface area contributed by atoms with Crippen molar-refractivity contribution in [1.29, 1.82) is 0 Å². The van der Waals surface area contributed by atoms with Crippen molar-refractivity contribution < 1.29 is 14.3 Å². The summed E-state index contributed by atoms with van der Waals surface area (Å²) >= 11 is 0. The Morgan fingerprint density at radius 3 is 2.70 bits per heavy atom. The molecule has 2 aromatic rings. The molecule has 1 saturated heterocycles. The molecule has 0 unspecified atom stereocenters. The summed E-state index contributed by atoms with van der Waals surface area (Å²) in [4.78, 5) is 36.5. The van der Waals surface area contributed by atoms with Gasteiger partial charge in [0.25, 0.3) is 0 Å². The second-order valence-corrected chi connectivity index (χ2v) is 10.7. The number of pyridine rings is 2. The van der Waals surface area contributed by atoms with Gasteiger partial charge in [-0.05, 0) is 65.0 Å². The third-order valence-corrected chi connectivity index (χ3v) is 6.29. The lowest BCUT2D eigenvalue weighted by Crippen LogP contribution is -2.52. The van der Waals surface area contributed by atoms with Crippen LogP contribution in [0.2, 0.25) is 0 Å². The van der Waals surface area contributed by atoms with E-state index in [2.05, 4.69) is 38.5 Å². The zero-order valence-electron chi connectivity index (χ0n) is 20.3. The lowest BCUT2D eigenvalue weighted by molar-refractivity contribution is -0.122. The Morgan fingerprint density at radius 1 is 1.24 bits per heavy atom. The van der Waals surface area contributed by atoms with E-state index in [0.717, 1.165) is 54.6 Å². The number of anilines is 1. The molecule has 1 aliphatic carbocycles. The summed E-state index contributed by atoms with van der Waals surface area (Å²) in [5.41, 5.74) is 1.85. The Balaban J connectivity index is 1.40. The first-order valence-corrected chi connectivity index (χ1v) is 11.8. The fraction of sp³-hybridized carbons (Fsp3) is 0.600. The van der Waals surface area contributed by atoms with Crippen LogP contribution in [0.3, 0.4) is 0 Å². The lowest BCUT2D eigenvalue weighted by Gasteiger charge is -2.38.